The summed E-state index contributed by atoms with van der Waals surface area (Å²) in [5.41, 5.74) is 6.38. The molecule has 1 aromatic rings. The molecule has 6 N–H and O–H groups in total. The average molecular weight is 486 g/mol. The molecule has 0 aromatic heterocycles. The monoisotopic (exact) mass is 485 g/mol. The standard InChI is InChI=1S/C14H23N3O5.C7H8O3S/c1-7-5-9(18)3-4-11(7)17-13(21)8(2)16-14(22)10(15)6-12(19)20;1-6-2-4-7(5-3-6)11(8,9)10/h7-8,10-11H,3-6,15H2,1-2H3,(H,16,22)(H,17,21)(H,19,20);2-5H,1H3,(H,8,9,10)/t7?,8-,10+,11?;/m1./s1. The van der Waals surface area contributed by atoms with Crippen LogP contribution in [0.4, 0.5) is 0 Å². The van der Waals surface area contributed by atoms with E-state index in [4.69, 9.17) is 15.4 Å². The second kappa shape index (κ2) is 12.4. The van der Waals surface area contributed by atoms with Crippen LogP contribution in [0.15, 0.2) is 29.2 Å². The fourth-order valence-electron chi connectivity index (χ4n) is 3.10. The van der Waals surface area contributed by atoms with Gasteiger partial charge in [-0.1, -0.05) is 24.6 Å². The minimum atomic E-state index is -4.02. The first-order valence-corrected chi connectivity index (χ1v) is 11.8. The fraction of sp³-hybridized carbons (Fsp3) is 0.524. The third kappa shape index (κ3) is 10.1. The lowest BCUT2D eigenvalue weighted by molar-refractivity contribution is -0.139. The molecule has 2 amide bonds. The van der Waals surface area contributed by atoms with Crippen LogP contribution in [0.2, 0.25) is 0 Å². The highest BCUT2D eigenvalue weighted by Crippen LogP contribution is 2.21. The summed E-state index contributed by atoms with van der Waals surface area (Å²) >= 11 is 0. The quantitative estimate of drug-likeness (QED) is 0.340. The van der Waals surface area contributed by atoms with Gasteiger partial charge in [0.15, 0.2) is 0 Å². The van der Waals surface area contributed by atoms with E-state index in [1.165, 1.54) is 19.1 Å². The Morgan fingerprint density at radius 3 is 2.24 bits per heavy atom. The van der Waals surface area contributed by atoms with Crippen molar-refractivity contribution in [1.29, 1.82) is 0 Å². The molecule has 2 unspecified atom stereocenters. The molecule has 184 valence electrons. The maximum Gasteiger partial charge on any atom is 0.305 e. The smallest absolute Gasteiger partial charge is 0.305 e. The van der Waals surface area contributed by atoms with Crippen molar-refractivity contribution in [2.75, 3.05) is 0 Å². The molecule has 0 saturated heterocycles. The van der Waals surface area contributed by atoms with Crippen LogP contribution < -0.4 is 16.4 Å². The van der Waals surface area contributed by atoms with Gasteiger partial charge in [0.2, 0.25) is 11.8 Å². The Balaban J connectivity index is 0.000000412. The van der Waals surface area contributed by atoms with Crippen LogP contribution in [0.5, 0.6) is 0 Å². The maximum absolute atomic E-state index is 12.1. The van der Waals surface area contributed by atoms with Crippen molar-refractivity contribution in [3.05, 3.63) is 29.8 Å². The van der Waals surface area contributed by atoms with Crippen molar-refractivity contribution in [1.82, 2.24) is 10.6 Å². The molecule has 0 heterocycles. The van der Waals surface area contributed by atoms with E-state index in [-0.39, 0.29) is 28.5 Å². The zero-order valence-corrected chi connectivity index (χ0v) is 19.6. The number of benzene rings is 1. The first-order valence-electron chi connectivity index (χ1n) is 10.3. The number of hydrogen-bond donors (Lipinski definition) is 5. The number of aryl methyl sites for hydroxylation is 1. The van der Waals surface area contributed by atoms with Gasteiger partial charge >= 0.3 is 5.97 Å². The molecule has 0 bridgehead atoms. The molecule has 33 heavy (non-hydrogen) atoms. The highest BCUT2D eigenvalue weighted by atomic mass is 32.2. The van der Waals surface area contributed by atoms with Crippen molar-refractivity contribution < 1.29 is 37.3 Å². The number of aliphatic carboxylic acids is 1. The maximum atomic E-state index is 12.1. The molecule has 2 rings (SSSR count). The van der Waals surface area contributed by atoms with Gasteiger partial charge < -0.3 is 21.5 Å². The molecule has 4 atom stereocenters. The molecule has 1 aromatic carbocycles. The first kappa shape index (κ1) is 28.2. The van der Waals surface area contributed by atoms with Gasteiger partial charge in [-0.05, 0) is 38.3 Å². The van der Waals surface area contributed by atoms with E-state index in [0.717, 1.165) is 5.56 Å². The zero-order valence-electron chi connectivity index (χ0n) is 18.8. The Morgan fingerprint density at radius 1 is 1.18 bits per heavy atom. The largest absolute Gasteiger partial charge is 0.481 e. The average Bonchev–Trinajstić information content (AvgIpc) is 2.69. The van der Waals surface area contributed by atoms with E-state index in [2.05, 4.69) is 10.6 Å². The van der Waals surface area contributed by atoms with Crippen LogP contribution in [0.25, 0.3) is 0 Å². The van der Waals surface area contributed by atoms with E-state index >= 15 is 0 Å². The van der Waals surface area contributed by atoms with Crippen LogP contribution in [0.1, 0.15) is 45.1 Å². The summed E-state index contributed by atoms with van der Waals surface area (Å²) in [6.07, 6.45) is 0.974. The van der Waals surface area contributed by atoms with E-state index in [0.29, 0.717) is 19.3 Å². The molecular weight excluding hydrogens is 454 g/mol. The molecule has 1 aliphatic rings. The van der Waals surface area contributed by atoms with E-state index in [1.807, 2.05) is 13.8 Å². The topological polar surface area (TPSA) is 193 Å². The Morgan fingerprint density at radius 2 is 1.76 bits per heavy atom. The predicted molar refractivity (Wildman–Crippen MR) is 119 cm³/mol. The van der Waals surface area contributed by atoms with Crippen LogP contribution in [-0.4, -0.2) is 59.8 Å². The number of Topliss-reactive ketones (excluding diaryl/α,β-unsaturated/α-hetero) is 1. The van der Waals surface area contributed by atoms with Crippen molar-refractivity contribution in [3.8, 4) is 0 Å². The van der Waals surface area contributed by atoms with E-state index in [9.17, 15) is 27.6 Å². The van der Waals surface area contributed by atoms with Gasteiger partial charge in [-0.15, -0.1) is 0 Å². The lowest BCUT2D eigenvalue weighted by Crippen LogP contribution is -2.53. The Hall–Kier alpha value is -2.83. The number of ketones is 1. The van der Waals surface area contributed by atoms with Crippen molar-refractivity contribution in [2.45, 2.75) is 69.5 Å². The SMILES string of the molecule is CC1CC(=O)CCC1NC(=O)[C@@H](C)NC(=O)[C@@H](N)CC(=O)O.Cc1ccc(S(=O)(=O)O)cc1. The summed E-state index contributed by atoms with van der Waals surface area (Å²) in [5, 5.41) is 13.8. The molecule has 0 aliphatic heterocycles. The van der Waals surface area contributed by atoms with Crippen molar-refractivity contribution >= 4 is 33.7 Å². The number of carbonyl (C=O) groups excluding carboxylic acids is 3. The summed E-state index contributed by atoms with van der Waals surface area (Å²) < 4.78 is 29.6. The summed E-state index contributed by atoms with van der Waals surface area (Å²) in [5.74, 6) is -1.99. The minimum Gasteiger partial charge on any atom is -0.481 e. The van der Waals surface area contributed by atoms with Crippen molar-refractivity contribution in [3.63, 3.8) is 0 Å². The molecule has 1 aliphatic carbocycles. The lowest BCUT2D eigenvalue weighted by Gasteiger charge is -2.30. The lowest BCUT2D eigenvalue weighted by atomic mass is 9.85. The van der Waals surface area contributed by atoms with Gasteiger partial charge in [-0.25, -0.2) is 0 Å². The molecular formula is C21H31N3O8S. The van der Waals surface area contributed by atoms with E-state index in [1.54, 1.807) is 12.1 Å². The minimum absolute atomic E-state index is 0.0577. The Bertz CT molecular complexity index is 962. The second-order valence-electron chi connectivity index (χ2n) is 8.10. The number of carboxylic acid groups (broad SMARTS) is 1. The molecule has 1 saturated carbocycles. The van der Waals surface area contributed by atoms with E-state index < -0.39 is 40.5 Å². The van der Waals surface area contributed by atoms with Gasteiger partial charge in [0.1, 0.15) is 11.8 Å². The highest BCUT2D eigenvalue weighted by molar-refractivity contribution is 7.85. The molecule has 0 spiro atoms. The van der Waals surface area contributed by atoms with Crippen LogP contribution in [0.3, 0.4) is 0 Å². The second-order valence-corrected chi connectivity index (χ2v) is 9.52. The highest BCUT2D eigenvalue weighted by Gasteiger charge is 2.29. The zero-order chi connectivity index (χ0) is 25.3. The number of carbonyl (C=O) groups is 4. The fourth-order valence-corrected chi connectivity index (χ4v) is 3.58. The molecule has 1 fully saturated rings. The molecule has 11 nitrogen and oxygen atoms in total. The Kier molecular flexibility index (Phi) is 10.6. The number of nitrogens with two attached hydrogens (primary N) is 1. The third-order valence-electron chi connectivity index (χ3n) is 5.10. The first-order chi connectivity index (χ1) is 15.2. The van der Waals surface area contributed by atoms with Gasteiger partial charge in [0.05, 0.1) is 17.4 Å². The van der Waals surface area contributed by atoms with Gasteiger partial charge in [0.25, 0.3) is 10.1 Å². The van der Waals surface area contributed by atoms with Crippen LogP contribution in [-0.2, 0) is 29.3 Å². The van der Waals surface area contributed by atoms with Gasteiger partial charge in [-0.2, -0.15) is 8.42 Å². The number of rotatable bonds is 7. The third-order valence-corrected chi connectivity index (χ3v) is 5.97. The summed E-state index contributed by atoms with van der Waals surface area (Å²) in [6, 6.07) is 3.87. The van der Waals surface area contributed by atoms with Gasteiger partial charge in [0, 0.05) is 18.9 Å². The number of amides is 2. The number of nitrogens with one attached hydrogen (secondary N) is 2. The summed E-state index contributed by atoms with van der Waals surface area (Å²) in [6.45, 7) is 5.24. The van der Waals surface area contributed by atoms with Crippen LogP contribution in [0, 0.1) is 12.8 Å². The number of carboxylic acids is 1. The van der Waals surface area contributed by atoms with Crippen molar-refractivity contribution in [2.24, 2.45) is 11.7 Å². The Labute approximate surface area is 192 Å². The molecule has 0 radical (unpaired) electrons. The normalized spacial score (nSPS) is 20.0. The summed E-state index contributed by atoms with van der Waals surface area (Å²) in [7, 11) is -4.02. The number of hydrogen-bond acceptors (Lipinski definition) is 7. The predicted octanol–water partition coefficient (Wildman–Crippen LogP) is 0.409. The summed E-state index contributed by atoms with van der Waals surface area (Å²) in [4.78, 5) is 45.5. The molecule has 12 heteroatoms. The van der Waals surface area contributed by atoms with Crippen LogP contribution >= 0.6 is 0 Å². The van der Waals surface area contributed by atoms with Gasteiger partial charge in [-0.3, -0.25) is 23.7 Å².